The van der Waals surface area contributed by atoms with Gasteiger partial charge in [-0.3, -0.25) is 4.79 Å². The van der Waals surface area contributed by atoms with Gasteiger partial charge in [0.05, 0.1) is 0 Å². The average Bonchev–Trinajstić information content (AvgIpc) is 2.84. The van der Waals surface area contributed by atoms with Gasteiger partial charge in [-0.15, -0.1) is 0 Å². The first-order chi connectivity index (χ1) is 8.61. The Hall–Kier alpha value is -1.71. The van der Waals surface area contributed by atoms with Crippen molar-refractivity contribution in [1.29, 1.82) is 0 Å². The summed E-state index contributed by atoms with van der Waals surface area (Å²) in [6.07, 6.45) is 0.865. The number of hydrogen-bond acceptors (Lipinski definition) is 3. The minimum absolute atomic E-state index is 0.0732. The second-order valence-electron chi connectivity index (χ2n) is 4.69. The quantitative estimate of drug-likeness (QED) is 0.822. The fraction of sp³-hybridized carbons (Fsp3) is 0.500. The highest BCUT2D eigenvalue weighted by Gasteiger charge is 2.18. The van der Waals surface area contributed by atoms with Crippen LogP contribution in [0.2, 0.25) is 0 Å². The van der Waals surface area contributed by atoms with Gasteiger partial charge in [0.1, 0.15) is 0 Å². The fourth-order valence-corrected chi connectivity index (χ4v) is 1.94. The molecule has 4 nitrogen and oxygen atoms in total. The molecule has 1 unspecified atom stereocenters. The van der Waals surface area contributed by atoms with Crippen molar-refractivity contribution in [2.45, 2.75) is 26.8 Å². The molecule has 98 valence electrons. The summed E-state index contributed by atoms with van der Waals surface area (Å²) in [6.45, 7) is 4.86. The lowest BCUT2D eigenvalue weighted by molar-refractivity contribution is -0.134. The van der Waals surface area contributed by atoms with Gasteiger partial charge in [0.15, 0.2) is 11.5 Å². The molecule has 1 aliphatic heterocycles. The fourth-order valence-electron chi connectivity index (χ4n) is 1.94. The van der Waals surface area contributed by atoms with E-state index < -0.39 is 0 Å². The SMILES string of the molecule is CCC(C)C(=O)N(C)Cc1ccc2c(c1)OCO2. The maximum atomic E-state index is 12.0. The Morgan fingerprint density at radius 3 is 2.83 bits per heavy atom. The van der Waals surface area contributed by atoms with Gasteiger partial charge in [0.25, 0.3) is 0 Å². The molecule has 0 N–H and O–H groups in total. The molecule has 0 aromatic heterocycles. The van der Waals surface area contributed by atoms with Gasteiger partial charge < -0.3 is 14.4 Å². The number of benzene rings is 1. The van der Waals surface area contributed by atoms with Crippen LogP contribution in [-0.4, -0.2) is 24.6 Å². The summed E-state index contributed by atoms with van der Waals surface area (Å²) in [6, 6.07) is 5.79. The van der Waals surface area contributed by atoms with Gasteiger partial charge in [0.2, 0.25) is 12.7 Å². The summed E-state index contributed by atoms with van der Waals surface area (Å²) in [5, 5.41) is 0. The predicted octanol–water partition coefficient (Wildman–Crippen LogP) is 2.42. The Labute approximate surface area is 107 Å². The number of carbonyl (C=O) groups is 1. The van der Waals surface area contributed by atoms with Crippen LogP contribution in [0, 0.1) is 5.92 Å². The lowest BCUT2D eigenvalue weighted by atomic mass is 10.1. The Morgan fingerprint density at radius 1 is 1.39 bits per heavy atom. The van der Waals surface area contributed by atoms with Crippen molar-refractivity contribution in [2.24, 2.45) is 5.92 Å². The third-order valence-electron chi connectivity index (χ3n) is 3.27. The molecule has 0 bridgehead atoms. The van der Waals surface area contributed by atoms with Gasteiger partial charge in [-0.2, -0.15) is 0 Å². The topological polar surface area (TPSA) is 38.8 Å². The van der Waals surface area contributed by atoms with Crippen molar-refractivity contribution >= 4 is 5.91 Å². The second kappa shape index (κ2) is 5.29. The van der Waals surface area contributed by atoms with Crippen LogP contribution in [0.3, 0.4) is 0 Å². The first kappa shape index (κ1) is 12.7. The third kappa shape index (κ3) is 2.58. The van der Waals surface area contributed by atoms with E-state index in [0.717, 1.165) is 23.5 Å². The number of carbonyl (C=O) groups excluding carboxylic acids is 1. The number of rotatable bonds is 4. The zero-order valence-corrected chi connectivity index (χ0v) is 11.1. The van der Waals surface area contributed by atoms with E-state index in [0.29, 0.717) is 6.54 Å². The standard InChI is InChI=1S/C14H19NO3/c1-4-10(2)14(16)15(3)8-11-5-6-12-13(7-11)18-9-17-12/h5-7,10H,4,8-9H2,1-3H3. The molecular formula is C14H19NO3. The average molecular weight is 249 g/mol. The van der Waals surface area contributed by atoms with Crippen molar-refractivity contribution in [3.05, 3.63) is 23.8 Å². The normalized spacial score (nSPS) is 14.4. The molecule has 0 saturated carbocycles. The molecule has 1 amide bonds. The van der Waals surface area contributed by atoms with Gasteiger partial charge in [0, 0.05) is 19.5 Å². The highest BCUT2D eigenvalue weighted by molar-refractivity contribution is 5.78. The molecule has 1 aromatic carbocycles. The maximum Gasteiger partial charge on any atom is 0.231 e. The third-order valence-corrected chi connectivity index (χ3v) is 3.27. The van der Waals surface area contributed by atoms with Crippen LogP contribution in [0.5, 0.6) is 11.5 Å². The van der Waals surface area contributed by atoms with E-state index in [1.54, 1.807) is 4.90 Å². The van der Waals surface area contributed by atoms with Gasteiger partial charge in [-0.05, 0) is 24.1 Å². The Kier molecular flexibility index (Phi) is 3.75. The van der Waals surface area contributed by atoms with Crippen molar-refractivity contribution in [1.82, 2.24) is 4.90 Å². The van der Waals surface area contributed by atoms with E-state index in [1.807, 2.05) is 39.1 Å². The van der Waals surface area contributed by atoms with E-state index in [2.05, 4.69) is 0 Å². The van der Waals surface area contributed by atoms with Crippen LogP contribution in [0.25, 0.3) is 0 Å². The second-order valence-corrected chi connectivity index (χ2v) is 4.69. The summed E-state index contributed by atoms with van der Waals surface area (Å²) >= 11 is 0. The molecule has 1 aliphatic rings. The molecular weight excluding hydrogens is 230 g/mol. The summed E-state index contributed by atoms with van der Waals surface area (Å²) in [4.78, 5) is 13.7. The minimum atomic E-state index is 0.0732. The van der Waals surface area contributed by atoms with E-state index in [9.17, 15) is 4.79 Å². The van der Waals surface area contributed by atoms with Crippen LogP contribution >= 0.6 is 0 Å². The highest BCUT2D eigenvalue weighted by Crippen LogP contribution is 2.32. The maximum absolute atomic E-state index is 12.0. The first-order valence-corrected chi connectivity index (χ1v) is 6.25. The van der Waals surface area contributed by atoms with Crippen LogP contribution in [0.1, 0.15) is 25.8 Å². The van der Waals surface area contributed by atoms with Crippen LogP contribution in [-0.2, 0) is 11.3 Å². The van der Waals surface area contributed by atoms with E-state index in [4.69, 9.17) is 9.47 Å². The van der Waals surface area contributed by atoms with Crippen molar-refractivity contribution in [2.75, 3.05) is 13.8 Å². The number of fused-ring (bicyclic) bond motifs is 1. The van der Waals surface area contributed by atoms with Crippen LogP contribution < -0.4 is 9.47 Å². The van der Waals surface area contributed by atoms with Crippen LogP contribution in [0.15, 0.2) is 18.2 Å². The largest absolute Gasteiger partial charge is 0.454 e. The van der Waals surface area contributed by atoms with Crippen LogP contribution in [0.4, 0.5) is 0 Å². The molecule has 1 aromatic rings. The van der Waals surface area contributed by atoms with Crippen molar-refractivity contribution < 1.29 is 14.3 Å². The van der Waals surface area contributed by atoms with Crippen molar-refractivity contribution in [3.8, 4) is 11.5 Å². The molecule has 1 heterocycles. The molecule has 1 atom stereocenters. The zero-order chi connectivity index (χ0) is 13.1. The molecule has 2 rings (SSSR count). The smallest absolute Gasteiger partial charge is 0.231 e. The number of nitrogens with zero attached hydrogens (tertiary/aromatic N) is 1. The van der Waals surface area contributed by atoms with Gasteiger partial charge in [-0.25, -0.2) is 0 Å². The molecule has 0 saturated heterocycles. The first-order valence-electron chi connectivity index (χ1n) is 6.25. The summed E-state index contributed by atoms with van der Waals surface area (Å²) in [5.41, 5.74) is 1.05. The molecule has 0 spiro atoms. The number of hydrogen-bond donors (Lipinski definition) is 0. The number of amides is 1. The predicted molar refractivity (Wildman–Crippen MR) is 68.5 cm³/mol. The zero-order valence-electron chi connectivity index (χ0n) is 11.1. The molecule has 0 radical (unpaired) electrons. The van der Waals surface area contributed by atoms with E-state index in [-0.39, 0.29) is 18.6 Å². The Bertz CT molecular complexity index is 445. The molecule has 4 heteroatoms. The monoisotopic (exact) mass is 249 g/mol. The lowest BCUT2D eigenvalue weighted by Gasteiger charge is -2.20. The molecule has 0 fully saturated rings. The highest BCUT2D eigenvalue weighted by atomic mass is 16.7. The van der Waals surface area contributed by atoms with Gasteiger partial charge >= 0.3 is 0 Å². The molecule has 0 aliphatic carbocycles. The van der Waals surface area contributed by atoms with E-state index in [1.165, 1.54) is 0 Å². The van der Waals surface area contributed by atoms with Gasteiger partial charge in [-0.1, -0.05) is 19.9 Å². The Morgan fingerprint density at radius 2 is 2.11 bits per heavy atom. The summed E-state index contributed by atoms with van der Waals surface area (Å²) < 4.78 is 10.6. The minimum Gasteiger partial charge on any atom is -0.454 e. The number of ether oxygens (including phenoxy) is 2. The van der Waals surface area contributed by atoms with Crippen molar-refractivity contribution in [3.63, 3.8) is 0 Å². The summed E-state index contributed by atoms with van der Waals surface area (Å²) in [7, 11) is 1.83. The lowest BCUT2D eigenvalue weighted by Crippen LogP contribution is -2.30. The molecule has 18 heavy (non-hydrogen) atoms. The Balaban J connectivity index is 2.03. The summed E-state index contributed by atoms with van der Waals surface area (Å²) in [5.74, 6) is 1.78. The van der Waals surface area contributed by atoms with E-state index >= 15 is 0 Å².